The summed E-state index contributed by atoms with van der Waals surface area (Å²) in [5.41, 5.74) is 5.28. The standard InChI is InChI=1S/C28H27N3O4/c1-4-35-28(34)20-12-15-22-23(17-20)30-27(33)25(22)26(19-8-6-5-7-9-19)29-21-13-10-18(11-14-21)16-24(32)31(2)3/h5-15,17,29H,4,16H2,1-3H3,(H,30,33). The fraction of sp³-hybridized carbons (Fsp3) is 0.179. The SMILES string of the molecule is CCOC(=O)c1ccc2c(c1)NC(=O)C2=C(Nc1ccc(CC(=O)N(C)C)cc1)c1ccccc1. The maximum atomic E-state index is 13.1. The lowest BCUT2D eigenvalue weighted by Gasteiger charge is -2.15. The van der Waals surface area contributed by atoms with Gasteiger partial charge in [-0.25, -0.2) is 4.79 Å². The third-order valence-corrected chi connectivity index (χ3v) is 5.67. The summed E-state index contributed by atoms with van der Waals surface area (Å²) in [5.74, 6) is -0.670. The predicted octanol–water partition coefficient (Wildman–Crippen LogP) is 4.43. The molecule has 2 amide bonds. The Labute approximate surface area is 204 Å². The number of amides is 2. The number of nitrogens with one attached hydrogen (secondary N) is 2. The van der Waals surface area contributed by atoms with Gasteiger partial charge in [0.15, 0.2) is 0 Å². The largest absolute Gasteiger partial charge is 0.462 e. The molecule has 1 aliphatic heterocycles. The summed E-state index contributed by atoms with van der Waals surface area (Å²) in [6.07, 6.45) is 0.318. The number of nitrogens with zero attached hydrogens (tertiary/aromatic N) is 1. The van der Waals surface area contributed by atoms with Gasteiger partial charge in [0.25, 0.3) is 5.91 Å². The van der Waals surface area contributed by atoms with Crippen molar-refractivity contribution in [2.24, 2.45) is 0 Å². The van der Waals surface area contributed by atoms with E-state index >= 15 is 0 Å². The van der Waals surface area contributed by atoms with E-state index < -0.39 is 5.97 Å². The minimum Gasteiger partial charge on any atom is -0.462 e. The zero-order chi connectivity index (χ0) is 24.9. The zero-order valence-electron chi connectivity index (χ0n) is 19.9. The molecule has 0 aliphatic carbocycles. The van der Waals surface area contributed by atoms with Crippen LogP contribution in [0.15, 0.2) is 72.8 Å². The van der Waals surface area contributed by atoms with Crippen LogP contribution in [-0.2, 0) is 20.7 Å². The Bertz CT molecular complexity index is 1300. The number of hydrogen-bond acceptors (Lipinski definition) is 5. The minimum absolute atomic E-state index is 0.0271. The molecule has 0 spiro atoms. The summed E-state index contributed by atoms with van der Waals surface area (Å²) in [6, 6.07) is 22.2. The van der Waals surface area contributed by atoms with Gasteiger partial charge in [0, 0.05) is 25.3 Å². The number of fused-ring (bicyclic) bond motifs is 1. The Hall–Kier alpha value is -4.39. The van der Waals surface area contributed by atoms with Gasteiger partial charge in [0.1, 0.15) is 0 Å². The van der Waals surface area contributed by atoms with Gasteiger partial charge in [-0.1, -0.05) is 48.5 Å². The number of ether oxygens (including phenoxy) is 1. The first-order valence-corrected chi connectivity index (χ1v) is 11.4. The first-order chi connectivity index (χ1) is 16.9. The summed E-state index contributed by atoms with van der Waals surface area (Å²) >= 11 is 0. The van der Waals surface area contributed by atoms with Crippen molar-refractivity contribution in [1.29, 1.82) is 0 Å². The van der Waals surface area contributed by atoms with Gasteiger partial charge in [0.2, 0.25) is 5.91 Å². The van der Waals surface area contributed by atoms with Gasteiger partial charge in [-0.3, -0.25) is 9.59 Å². The van der Waals surface area contributed by atoms with Gasteiger partial charge < -0.3 is 20.3 Å². The zero-order valence-corrected chi connectivity index (χ0v) is 19.9. The minimum atomic E-state index is -0.434. The number of anilines is 2. The molecular weight excluding hydrogens is 442 g/mol. The fourth-order valence-corrected chi connectivity index (χ4v) is 3.83. The third kappa shape index (κ3) is 5.24. The predicted molar refractivity (Wildman–Crippen MR) is 137 cm³/mol. The van der Waals surface area contributed by atoms with Crippen LogP contribution in [0.25, 0.3) is 11.3 Å². The molecule has 7 heteroatoms. The Morgan fingerprint density at radius 3 is 2.31 bits per heavy atom. The molecular formula is C28H27N3O4. The van der Waals surface area contributed by atoms with Crippen molar-refractivity contribution in [2.45, 2.75) is 13.3 Å². The number of carbonyl (C=O) groups is 3. The van der Waals surface area contributed by atoms with E-state index in [0.29, 0.717) is 34.5 Å². The highest BCUT2D eigenvalue weighted by Gasteiger charge is 2.29. The van der Waals surface area contributed by atoms with Crippen molar-refractivity contribution in [2.75, 3.05) is 31.3 Å². The lowest BCUT2D eigenvalue weighted by molar-refractivity contribution is -0.128. The van der Waals surface area contributed by atoms with Crippen molar-refractivity contribution in [1.82, 2.24) is 4.90 Å². The fourth-order valence-electron chi connectivity index (χ4n) is 3.83. The molecule has 0 bridgehead atoms. The average Bonchev–Trinajstić information content (AvgIpc) is 3.18. The van der Waals surface area contributed by atoms with Crippen molar-refractivity contribution in [3.8, 4) is 0 Å². The molecule has 7 nitrogen and oxygen atoms in total. The highest BCUT2D eigenvalue weighted by molar-refractivity contribution is 6.37. The molecule has 4 rings (SSSR count). The van der Waals surface area contributed by atoms with Crippen LogP contribution in [0.5, 0.6) is 0 Å². The summed E-state index contributed by atoms with van der Waals surface area (Å²) in [5, 5.41) is 6.28. The Balaban J connectivity index is 1.72. The molecule has 1 heterocycles. The van der Waals surface area contributed by atoms with Crippen LogP contribution in [0.1, 0.15) is 34.0 Å². The molecule has 0 saturated carbocycles. The number of carbonyl (C=O) groups excluding carboxylic acids is 3. The number of hydrogen-bond donors (Lipinski definition) is 2. The molecule has 3 aromatic rings. The second kappa shape index (κ2) is 10.3. The lowest BCUT2D eigenvalue weighted by atomic mass is 9.99. The van der Waals surface area contributed by atoms with Crippen LogP contribution in [0.4, 0.5) is 11.4 Å². The average molecular weight is 470 g/mol. The van der Waals surface area contributed by atoms with Crippen LogP contribution in [-0.4, -0.2) is 43.4 Å². The van der Waals surface area contributed by atoms with E-state index in [1.165, 1.54) is 0 Å². The third-order valence-electron chi connectivity index (χ3n) is 5.67. The number of likely N-dealkylation sites (N-methyl/N-ethyl adjacent to an activating group) is 1. The van der Waals surface area contributed by atoms with E-state index in [-0.39, 0.29) is 18.4 Å². The van der Waals surface area contributed by atoms with Crippen molar-refractivity contribution < 1.29 is 19.1 Å². The number of esters is 1. The highest BCUT2D eigenvalue weighted by Crippen LogP contribution is 2.38. The van der Waals surface area contributed by atoms with Crippen LogP contribution in [0, 0.1) is 0 Å². The van der Waals surface area contributed by atoms with Gasteiger partial charge >= 0.3 is 5.97 Å². The molecule has 3 aromatic carbocycles. The molecule has 178 valence electrons. The summed E-state index contributed by atoms with van der Waals surface area (Å²) in [6.45, 7) is 2.02. The summed E-state index contributed by atoms with van der Waals surface area (Å²) in [7, 11) is 3.47. The Morgan fingerprint density at radius 1 is 0.943 bits per heavy atom. The summed E-state index contributed by atoms with van der Waals surface area (Å²) < 4.78 is 5.08. The molecule has 35 heavy (non-hydrogen) atoms. The monoisotopic (exact) mass is 469 g/mol. The topological polar surface area (TPSA) is 87.7 Å². The van der Waals surface area contributed by atoms with Crippen LogP contribution >= 0.6 is 0 Å². The van der Waals surface area contributed by atoms with Crippen LogP contribution in [0.2, 0.25) is 0 Å². The first-order valence-electron chi connectivity index (χ1n) is 11.4. The van der Waals surface area contributed by atoms with E-state index in [0.717, 1.165) is 16.8 Å². The van der Waals surface area contributed by atoms with E-state index in [2.05, 4.69) is 10.6 Å². The van der Waals surface area contributed by atoms with Gasteiger partial charge in [-0.2, -0.15) is 0 Å². The number of rotatable bonds is 7. The second-order valence-corrected chi connectivity index (χ2v) is 8.34. The van der Waals surface area contributed by atoms with Gasteiger partial charge in [-0.05, 0) is 42.3 Å². The number of benzene rings is 3. The van der Waals surface area contributed by atoms with E-state index in [4.69, 9.17) is 4.74 Å². The maximum Gasteiger partial charge on any atom is 0.338 e. The molecule has 0 unspecified atom stereocenters. The molecule has 0 atom stereocenters. The van der Waals surface area contributed by atoms with Gasteiger partial charge in [0.05, 0.1) is 35.5 Å². The smallest absolute Gasteiger partial charge is 0.338 e. The molecule has 1 aliphatic rings. The summed E-state index contributed by atoms with van der Waals surface area (Å²) in [4.78, 5) is 38.8. The molecule has 0 saturated heterocycles. The molecule has 0 aromatic heterocycles. The molecule has 2 N–H and O–H groups in total. The normalized spacial score (nSPS) is 13.5. The Kier molecular flexibility index (Phi) is 6.96. The van der Waals surface area contributed by atoms with Crippen molar-refractivity contribution in [3.63, 3.8) is 0 Å². The lowest BCUT2D eigenvalue weighted by Crippen LogP contribution is -2.23. The second-order valence-electron chi connectivity index (χ2n) is 8.34. The Morgan fingerprint density at radius 2 is 1.66 bits per heavy atom. The quantitative estimate of drug-likeness (QED) is 0.395. The van der Waals surface area contributed by atoms with Crippen LogP contribution < -0.4 is 10.6 Å². The van der Waals surface area contributed by atoms with E-state index in [1.54, 1.807) is 44.1 Å². The van der Waals surface area contributed by atoms with E-state index in [1.807, 2.05) is 54.6 Å². The molecule has 0 radical (unpaired) electrons. The molecule has 0 fully saturated rings. The van der Waals surface area contributed by atoms with E-state index in [9.17, 15) is 14.4 Å². The van der Waals surface area contributed by atoms with Crippen molar-refractivity contribution >= 4 is 40.4 Å². The maximum absolute atomic E-state index is 13.1. The highest BCUT2D eigenvalue weighted by atomic mass is 16.5. The van der Waals surface area contributed by atoms with Crippen LogP contribution in [0.3, 0.4) is 0 Å². The van der Waals surface area contributed by atoms with Crippen molar-refractivity contribution in [3.05, 3.63) is 95.1 Å². The first kappa shape index (κ1) is 23.8. The van der Waals surface area contributed by atoms with Gasteiger partial charge in [-0.15, -0.1) is 0 Å².